The lowest BCUT2D eigenvalue weighted by Crippen LogP contribution is -2.32. The van der Waals surface area contributed by atoms with Crippen LogP contribution in [0.2, 0.25) is 5.02 Å². The molecule has 6 heteroatoms. The van der Waals surface area contributed by atoms with Crippen molar-refractivity contribution in [2.24, 2.45) is 0 Å². The molecule has 0 saturated carbocycles. The Morgan fingerprint density at radius 3 is 2.50 bits per heavy atom. The number of ether oxygens (including phenoxy) is 2. The van der Waals surface area contributed by atoms with Crippen LogP contribution in [0.3, 0.4) is 0 Å². The lowest BCUT2D eigenvalue weighted by Gasteiger charge is -2.15. The zero-order valence-corrected chi connectivity index (χ0v) is 15.8. The van der Waals surface area contributed by atoms with Gasteiger partial charge >= 0.3 is 5.97 Å². The highest BCUT2D eigenvalue weighted by Crippen LogP contribution is 2.22. The average molecular weight is 376 g/mol. The highest BCUT2D eigenvalue weighted by atomic mass is 35.5. The molecule has 0 spiro atoms. The van der Waals surface area contributed by atoms with Crippen molar-refractivity contribution >= 4 is 23.5 Å². The van der Waals surface area contributed by atoms with Gasteiger partial charge in [0, 0.05) is 5.02 Å². The largest absolute Gasteiger partial charge is 0.482 e. The van der Waals surface area contributed by atoms with E-state index in [0.717, 1.165) is 16.7 Å². The highest BCUT2D eigenvalue weighted by molar-refractivity contribution is 6.31. The lowest BCUT2D eigenvalue weighted by molar-refractivity contribution is -0.150. The maximum Gasteiger partial charge on any atom is 0.344 e. The molecular weight excluding hydrogens is 354 g/mol. The number of esters is 1. The molecule has 0 saturated heterocycles. The van der Waals surface area contributed by atoms with Crippen LogP contribution in [0.1, 0.15) is 29.7 Å². The van der Waals surface area contributed by atoms with Gasteiger partial charge in [-0.15, -0.1) is 0 Å². The summed E-state index contributed by atoms with van der Waals surface area (Å²) >= 11 is 6.10. The summed E-state index contributed by atoms with van der Waals surface area (Å²) in [6.07, 6.45) is 0. The van der Waals surface area contributed by atoms with E-state index in [1.165, 1.54) is 0 Å². The third-order valence-electron chi connectivity index (χ3n) is 3.95. The van der Waals surface area contributed by atoms with Gasteiger partial charge in [0.05, 0.1) is 6.04 Å². The number of hydrogen-bond donors (Lipinski definition) is 1. The fourth-order valence-corrected chi connectivity index (χ4v) is 2.62. The van der Waals surface area contributed by atoms with Crippen molar-refractivity contribution in [2.45, 2.75) is 26.8 Å². The van der Waals surface area contributed by atoms with Crippen LogP contribution in [0.15, 0.2) is 42.5 Å². The van der Waals surface area contributed by atoms with Gasteiger partial charge in [0.25, 0.3) is 5.91 Å². The van der Waals surface area contributed by atoms with E-state index in [4.69, 9.17) is 21.1 Å². The molecule has 0 heterocycles. The molecule has 2 aromatic carbocycles. The molecule has 0 radical (unpaired) electrons. The molecule has 26 heavy (non-hydrogen) atoms. The topological polar surface area (TPSA) is 64.6 Å². The van der Waals surface area contributed by atoms with E-state index in [9.17, 15) is 9.59 Å². The molecule has 2 rings (SSSR count). The molecule has 138 valence electrons. The Kier molecular flexibility index (Phi) is 7.04. The maximum atomic E-state index is 11.9. The number of halogens is 1. The first-order chi connectivity index (χ1) is 12.4. The summed E-state index contributed by atoms with van der Waals surface area (Å²) in [6.45, 7) is 5.14. The van der Waals surface area contributed by atoms with E-state index in [1.54, 1.807) is 12.1 Å². The molecule has 2 aromatic rings. The number of aryl methyl sites for hydroxylation is 2. The van der Waals surface area contributed by atoms with Crippen LogP contribution in [-0.4, -0.2) is 25.1 Å². The van der Waals surface area contributed by atoms with Crippen LogP contribution in [0.25, 0.3) is 0 Å². The number of nitrogens with one attached hydrogen (secondary N) is 1. The van der Waals surface area contributed by atoms with Crippen LogP contribution in [0.4, 0.5) is 0 Å². The van der Waals surface area contributed by atoms with Crippen molar-refractivity contribution < 1.29 is 19.1 Å². The summed E-state index contributed by atoms with van der Waals surface area (Å²) in [4.78, 5) is 23.7. The van der Waals surface area contributed by atoms with Crippen LogP contribution < -0.4 is 10.1 Å². The molecule has 1 atom stereocenters. The number of hydrogen-bond acceptors (Lipinski definition) is 4. The molecule has 0 fully saturated rings. The monoisotopic (exact) mass is 375 g/mol. The van der Waals surface area contributed by atoms with Crippen molar-refractivity contribution in [1.29, 1.82) is 0 Å². The Morgan fingerprint density at radius 2 is 1.81 bits per heavy atom. The van der Waals surface area contributed by atoms with Gasteiger partial charge in [-0.1, -0.05) is 35.9 Å². The molecule has 0 unspecified atom stereocenters. The predicted molar refractivity (Wildman–Crippen MR) is 100 cm³/mol. The van der Waals surface area contributed by atoms with Crippen molar-refractivity contribution in [2.75, 3.05) is 13.2 Å². The Bertz CT molecular complexity index is 791. The summed E-state index contributed by atoms with van der Waals surface area (Å²) in [6, 6.07) is 12.5. The third kappa shape index (κ3) is 5.77. The first-order valence-corrected chi connectivity index (χ1v) is 8.64. The highest BCUT2D eigenvalue weighted by Gasteiger charge is 2.14. The van der Waals surface area contributed by atoms with Gasteiger partial charge in [-0.2, -0.15) is 0 Å². The van der Waals surface area contributed by atoms with Crippen molar-refractivity contribution in [3.63, 3.8) is 0 Å². The molecule has 0 aliphatic heterocycles. The minimum absolute atomic E-state index is 0.254. The van der Waals surface area contributed by atoms with E-state index < -0.39 is 11.9 Å². The Hall–Kier alpha value is -2.53. The van der Waals surface area contributed by atoms with Crippen molar-refractivity contribution in [1.82, 2.24) is 5.32 Å². The second-order valence-electron chi connectivity index (χ2n) is 6.01. The first-order valence-electron chi connectivity index (χ1n) is 8.26. The summed E-state index contributed by atoms with van der Waals surface area (Å²) in [5.74, 6) is -0.428. The van der Waals surface area contributed by atoms with E-state index >= 15 is 0 Å². The van der Waals surface area contributed by atoms with Gasteiger partial charge in [0.15, 0.2) is 13.2 Å². The summed E-state index contributed by atoms with van der Waals surface area (Å²) in [5.41, 5.74) is 3.01. The van der Waals surface area contributed by atoms with Crippen LogP contribution >= 0.6 is 11.6 Å². The van der Waals surface area contributed by atoms with Gasteiger partial charge in [-0.25, -0.2) is 4.79 Å². The zero-order chi connectivity index (χ0) is 19.1. The molecule has 0 aliphatic carbocycles. The predicted octanol–water partition coefficient (Wildman–Crippen LogP) is 3.76. The summed E-state index contributed by atoms with van der Waals surface area (Å²) in [5, 5.41) is 3.31. The Balaban J connectivity index is 1.75. The van der Waals surface area contributed by atoms with E-state index in [1.807, 2.05) is 51.1 Å². The number of rotatable bonds is 7. The lowest BCUT2D eigenvalue weighted by atomic mass is 10.1. The normalized spacial score (nSPS) is 11.5. The van der Waals surface area contributed by atoms with Gasteiger partial charge in [-0.05, 0) is 55.7 Å². The number of carbonyl (C=O) groups is 2. The number of carbonyl (C=O) groups excluding carboxylic acids is 2. The fraction of sp³-hybridized carbons (Fsp3) is 0.300. The Labute approximate surface area is 158 Å². The van der Waals surface area contributed by atoms with Gasteiger partial charge in [-0.3, -0.25) is 4.79 Å². The first kappa shape index (κ1) is 19.8. The summed E-state index contributed by atoms with van der Waals surface area (Å²) in [7, 11) is 0. The van der Waals surface area contributed by atoms with Crippen LogP contribution in [0, 0.1) is 13.8 Å². The quantitative estimate of drug-likeness (QED) is 0.748. The molecule has 0 aliphatic rings. The van der Waals surface area contributed by atoms with Crippen LogP contribution in [0.5, 0.6) is 5.75 Å². The van der Waals surface area contributed by atoms with Crippen molar-refractivity contribution in [3.05, 3.63) is 64.2 Å². The van der Waals surface area contributed by atoms with Crippen LogP contribution in [-0.2, 0) is 14.3 Å². The summed E-state index contributed by atoms with van der Waals surface area (Å²) < 4.78 is 10.3. The molecule has 5 nitrogen and oxygen atoms in total. The number of benzene rings is 2. The minimum atomic E-state index is -0.608. The molecule has 0 aromatic heterocycles. The smallest absolute Gasteiger partial charge is 0.344 e. The average Bonchev–Trinajstić information content (AvgIpc) is 2.61. The second kappa shape index (κ2) is 9.25. The SMILES string of the molecule is Cc1ccc(OCC(=O)OCC(=O)N[C@H](C)c2ccccc2Cl)cc1C. The zero-order valence-electron chi connectivity index (χ0n) is 15.0. The maximum absolute atomic E-state index is 11.9. The third-order valence-corrected chi connectivity index (χ3v) is 4.29. The van der Waals surface area contributed by atoms with Gasteiger partial charge in [0.2, 0.25) is 0 Å². The molecule has 1 amide bonds. The molecule has 1 N–H and O–H groups in total. The molecule has 0 bridgehead atoms. The van der Waals surface area contributed by atoms with E-state index in [0.29, 0.717) is 10.8 Å². The Morgan fingerprint density at radius 1 is 1.08 bits per heavy atom. The van der Waals surface area contributed by atoms with Gasteiger partial charge < -0.3 is 14.8 Å². The second-order valence-corrected chi connectivity index (χ2v) is 6.41. The minimum Gasteiger partial charge on any atom is -0.482 e. The molecular formula is C20H22ClNO4. The standard InChI is InChI=1S/C20H22ClNO4/c1-13-8-9-16(10-14(13)2)25-12-20(24)26-11-19(23)22-15(3)17-6-4-5-7-18(17)21/h4-10,15H,11-12H2,1-3H3,(H,22,23)/t15-/m1/s1. The number of amides is 1. The van der Waals surface area contributed by atoms with E-state index in [2.05, 4.69) is 5.32 Å². The van der Waals surface area contributed by atoms with Crippen molar-refractivity contribution in [3.8, 4) is 5.75 Å². The fourth-order valence-electron chi connectivity index (χ4n) is 2.32. The van der Waals surface area contributed by atoms with Gasteiger partial charge in [0.1, 0.15) is 5.75 Å². The van der Waals surface area contributed by atoms with E-state index in [-0.39, 0.29) is 19.3 Å².